The van der Waals surface area contributed by atoms with Gasteiger partial charge in [0.1, 0.15) is 12.1 Å². The predicted octanol–water partition coefficient (Wildman–Crippen LogP) is 4.37. The van der Waals surface area contributed by atoms with Gasteiger partial charge < -0.3 is 39.4 Å². The zero-order valence-corrected chi connectivity index (χ0v) is 25.9. The van der Waals surface area contributed by atoms with Crippen LogP contribution in [0.2, 0.25) is 0 Å². The zero-order valence-electron chi connectivity index (χ0n) is 25.9. The number of nitrogens with zero attached hydrogens (tertiary/aromatic N) is 2. The molecule has 2 aromatic carbocycles. The third-order valence-electron chi connectivity index (χ3n) is 9.38. The van der Waals surface area contributed by atoms with Crippen LogP contribution in [0.25, 0.3) is 0 Å². The van der Waals surface area contributed by atoms with Crippen molar-refractivity contribution in [3.8, 4) is 23.0 Å². The normalized spacial score (nSPS) is 23.8. The van der Waals surface area contributed by atoms with Crippen molar-refractivity contribution in [3.63, 3.8) is 0 Å². The molecule has 5 heterocycles. The molecule has 244 valence electrons. The molecule has 12 nitrogen and oxygen atoms in total. The maximum absolute atomic E-state index is 13.4. The molecule has 0 unspecified atom stereocenters. The number of carbonyl (C=O) groups is 4. The second-order valence-electron chi connectivity index (χ2n) is 12.5. The molecule has 4 amide bonds. The number of ether oxygens (including phenoxy) is 4. The van der Waals surface area contributed by atoms with Crippen LogP contribution in [-0.4, -0.2) is 85.0 Å². The van der Waals surface area contributed by atoms with E-state index in [1.165, 1.54) is 0 Å². The lowest BCUT2D eigenvalue weighted by Gasteiger charge is -2.20. The first-order chi connectivity index (χ1) is 22.5. The van der Waals surface area contributed by atoms with Crippen LogP contribution in [0.15, 0.2) is 24.3 Å². The fraction of sp³-hybridized carbons (Fsp3) is 0.529. The lowest BCUT2D eigenvalue weighted by molar-refractivity contribution is -0.120. The van der Waals surface area contributed by atoms with Crippen molar-refractivity contribution in [2.75, 3.05) is 50.2 Å². The minimum absolute atomic E-state index is 0.174. The average molecular weight is 633 g/mol. The Hall–Kier alpha value is -4.48. The standard InChI is InChI=1S/C34H40N4O8/c39-31-25-9-6-11-37(25)33(41)21-17-27-29(19-23(21)35-31)45-15-8-16-46-30-20-24-22(34(42)38-12-7-10-26(38)32(40)36-24)18-28(30)44-14-5-3-1-2-4-13-43-27/h17-20,25-26H,1-16H2,(H,35,39)(H,36,40)/t25-,26-/m0/s1. The van der Waals surface area contributed by atoms with Gasteiger partial charge in [0.05, 0.1) is 48.9 Å². The van der Waals surface area contributed by atoms with E-state index in [9.17, 15) is 19.2 Å². The summed E-state index contributed by atoms with van der Waals surface area (Å²) in [5, 5.41) is 5.87. The predicted molar refractivity (Wildman–Crippen MR) is 168 cm³/mol. The molecule has 2 fully saturated rings. The molecule has 5 aliphatic heterocycles. The Labute approximate surface area is 267 Å². The molecule has 0 aromatic heterocycles. The Bertz CT molecular complexity index is 1430. The van der Waals surface area contributed by atoms with E-state index in [0.717, 1.165) is 44.9 Å². The molecule has 12 heteroatoms. The number of hydrogen-bond acceptors (Lipinski definition) is 8. The molecule has 2 aromatic rings. The molecule has 0 bridgehead atoms. The third kappa shape index (κ3) is 5.92. The highest BCUT2D eigenvalue weighted by molar-refractivity contribution is 6.11. The second-order valence-corrected chi connectivity index (χ2v) is 12.5. The van der Waals surface area contributed by atoms with Gasteiger partial charge in [-0.2, -0.15) is 0 Å². The van der Waals surface area contributed by atoms with Gasteiger partial charge in [0, 0.05) is 31.6 Å². The Balaban J connectivity index is 1.11. The van der Waals surface area contributed by atoms with Crippen LogP contribution < -0.4 is 29.6 Å². The Morgan fingerprint density at radius 3 is 1.35 bits per heavy atom. The van der Waals surface area contributed by atoms with E-state index in [2.05, 4.69) is 10.6 Å². The van der Waals surface area contributed by atoms with Gasteiger partial charge >= 0.3 is 0 Å². The van der Waals surface area contributed by atoms with E-state index < -0.39 is 12.1 Å². The van der Waals surface area contributed by atoms with Crippen molar-refractivity contribution >= 4 is 35.0 Å². The number of rotatable bonds is 0. The fourth-order valence-electron chi connectivity index (χ4n) is 6.96. The van der Waals surface area contributed by atoms with Gasteiger partial charge in [-0.1, -0.05) is 19.3 Å². The fourth-order valence-corrected chi connectivity index (χ4v) is 6.96. The molecule has 2 saturated heterocycles. The highest BCUT2D eigenvalue weighted by atomic mass is 16.5. The Morgan fingerprint density at radius 2 is 0.891 bits per heavy atom. The van der Waals surface area contributed by atoms with Crippen molar-refractivity contribution in [2.24, 2.45) is 0 Å². The Morgan fingerprint density at radius 1 is 0.500 bits per heavy atom. The molecule has 2 atom stereocenters. The smallest absolute Gasteiger partial charge is 0.256 e. The van der Waals surface area contributed by atoms with Crippen molar-refractivity contribution in [1.82, 2.24) is 9.80 Å². The number of carbonyl (C=O) groups excluding carboxylic acids is 4. The van der Waals surface area contributed by atoms with E-state index >= 15 is 0 Å². The molecule has 0 aliphatic carbocycles. The summed E-state index contributed by atoms with van der Waals surface area (Å²) in [7, 11) is 0. The first-order valence-corrected chi connectivity index (χ1v) is 16.6. The number of amides is 4. The maximum atomic E-state index is 13.4. The van der Waals surface area contributed by atoms with Gasteiger partial charge in [0.25, 0.3) is 11.8 Å². The van der Waals surface area contributed by atoms with Crippen LogP contribution in [0.5, 0.6) is 23.0 Å². The summed E-state index contributed by atoms with van der Waals surface area (Å²) in [6.07, 6.45) is 7.99. The second kappa shape index (κ2) is 13.1. The minimum Gasteiger partial charge on any atom is -0.490 e. The zero-order chi connectivity index (χ0) is 31.6. The van der Waals surface area contributed by atoms with Crippen LogP contribution in [0.1, 0.15) is 84.9 Å². The molecule has 0 radical (unpaired) electrons. The van der Waals surface area contributed by atoms with Crippen molar-refractivity contribution in [3.05, 3.63) is 35.4 Å². The summed E-state index contributed by atoms with van der Waals surface area (Å²) in [5.74, 6) is 1.13. The molecule has 2 N–H and O–H groups in total. The summed E-state index contributed by atoms with van der Waals surface area (Å²) in [5.41, 5.74) is 1.67. The van der Waals surface area contributed by atoms with E-state index in [4.69, 9.17) is 18.9 Å². The first-order valence-electron chi connectivity index (χ1n) is 16.6. The lowest BCUT2D eigenvalue weighted by atomic mass is 10.1. The van der Waals surface area contributed by atoms with Crippen LogP contribution in [0.4, 0.5) is 11.4 Å². The molecule has 7 rings (SSSR count). The molecular weight excluding hydrogens is 592 g/mol. The first kappa shape index (κ1) is 30.2. The molecule has 5 aliphatic rings. The lowest BCUT2D eigenvalue weighted by Crippen LogP contribution is -2.40. The van der Waals surface area contributed by atoms with Crippen LogP contribution in [0.3, 0.4) is 0 Å². The molecule has 0 spiro atoms. The number of anilines is 2. The van der Waals surface area contributed by atoms with Gasteiger partial charge in [0.15, 0.2) is 23.0 Å². The minimum atomic E-state index is -0.459. The number of fused-ring (bicyclic) bond motifs is 6. The number of benzene rings is 2. The highest BCUT2D eigenvalue weighted by Crippen LogP contribution is 2.39. The SMILES string of the molecule is O=C1Nc2cc3c(cc2C(=O)N2CCC[C@@H]12)OCCCCCCCOc1cc2c(cc1OCCCO3)NC(=O)[C@@H]1CCCN1C2=O. The number of nitrogens with one attached hydrogen (secondary N) is 2. The summed E-state index contributed by atoms with van der Waals surface area (Å²) in [6, 6.07) is 5.85. The number of hydrogen-bond donors (Lipinski definition) is 2. The van der Waals surface area contributed by atoms with Crippen LogP contribution in [-0.2, 0) is 9.59 Å². The molecular formula is C34H40N4O8. The molecule has 46 heavy (non-hydrogen) atoms. The van der Waals surface area contributed by atoms with Crippen molar-refractivity contribution in [1.29, 1.82) is 0 Å². The topological polar surface area (TPSA) is 136 Å². The van der Waals surface area contributed by atoms with Gasteiger partial charge in [-0.25, -0.2) is 0 Å². The van der Waals surface area contributed by atoms with E-state index in [-0.39, 0.29) is 36.8 Å². The summed E-state index contributed by atoms with van der Waals surface area (Å²) < 4.78 is 24.6. The van der Waals surface area contributed by atoms with Gasteiger partial charge in [-0.15, -0.1) is 0 Å². The van der Waals surface area contributed by atoms with E-state index in [0.29, 0.717) is 91.1 Å². The van der Waals surface area contributed by atoms with E-state index in [1.54, 1.807) is 34.1 Å². The molecule has 0 saturated carbocycles. The van der Waals surface area contributed by atoms with Gasteiger partial charge in [-0.3, -0.25) is 19.2 Å². The van der Waals surface area contributed by atoms with Crippen LogP contribution in [0, 0.1) is 0 Å². The highest BCUT2D eigenvalue weighted by Gasteiger charge is 2.40. The Kier molecular flexibility index (Phi) is 8.59. The summed E-state index contributed by atoms with van der Waals surface area (Å²) in [6.45, 7) is 2.62. The summed E-state index contributed by atoms with van der Waals surface area (Å²) >= 11 is 0. The van der Waals surface area contributed by atoms with Gasteiger partial charge in [0.2, 0.25) is 11.8 Å². The monoisotopic (exact) mass is 632 g/mol. The third-order valence-corrected chi connectivity index (χ3v) is 9.38. The van der Waals surface area contributed by atoms with E-state index in [1.807, 2.05) is 0 Å². The summed E-state index contributed by atoms with van der Waals surface area (Å²) in [4.78, 5) is 55.9. The van der Waals surface area contributed by atoms with Crippen LogP contribution >= 0.6 is 0 Å². The van der Waals surface area contributed by atoms with Crippen molar-refractivity contribution < 1.29 is 38.1 Å². The van der Waals surface area contributed by atoms with Gasteiger partial charge in [-0.05, 0) is 50.7 Å². The van der Waals surface area contributed by atoms with Crippen molar-refractivity contribution in [2.45, 2.75) is 76.3 Å². The largest absolute Gasteiger partial charge is 0.490 e. The maximum Gasteiger partial charge on any atom is 0.256 e. The average Bonchev–Trinajstić information content (AvgIpc) is 3.72. The quantitative estimate of drug-likeness (QED) is 0.437.